The highest BCUT2D eigenvalue weighted by atomic mass is 16.2. The van der Waals surface area contributed by atoms with Crippen LogP contribution in [0.5, 0.6) is 0 Å². The van der Waals surface area contributed by atoms with Crippen LogP contribution >= 0.6 is 0 Å². The van der Waals surface area contributed by atoms with E-state index in [1.165, 1.54) is 0 Å². The summed E-state index contributed by atoms with van der Waals surface area (Å²) in [6.07, 6.45) is 5.50. The van der Waals surface area contributed by atoms with Gasteiger partial charge in [-0.2, -0.15) is 0 Å². The van der Waals surface area contributed by atoms with Crippen molar-refractivity contribution in [1.82, 2.24) is 5.32 Å². The van der Waals surface area contributed by atoms with E-state index in [2.05, 4.69) is 17.6 Å². The van der Waals surface area contributed by atoms with Crippen LogP contribution < -0.4 is 10.6 Å². The average Bonchev–Trinajstić information content (AvgIpc) is 2.37. The second kappa shape index (κ2) is 8.31. The van der Waals surface area contributed by atoms with E-state index in [4.69, 9.17) is 5.11 Å². The number of anilines is 1. The number of hydrogen-bond acceptors (Lipinski definition) is 2. The van der Waals surface area contributed by atoms with E-state index >= 15 is 0 Å². The third-order valence-corrected chi connectivity index (χ3v) is 2.38. The van der Waals surface area contributed by atoms with E-state index in [0.717, 1.165) is 24.1 Å². The van der Waals surface area contributed by atoms with Gasteiger partial charge in [-0.1, -0.05) is 37.6 Å². The molecular weight excluding hydrogens is 228 g/mol. The molecule has 0 aliphatic heterocycles. The number of amides is 2. The SMILES string of the molecule is CCCCNC(=O)Nc1cccc(C=CCO)c1. The topological polar surface area (TPSA) is 61.4 Å². The Bertz CT molecular complexity index is 403. The Kier molecular flexibility index (Phi) is 6.58. The molecule has 0 radical (unpaired) electrons. The Morgan fingerprint density at radius 2 is 2.28 bits per heavy atom. The van der Waals surface area contributed by atoms with Crippen LogP contribution in [0.25, 0.3) is 6.08 Å². The maximum absolute atomic E-state index is 11.5. The average molecular weight is 248 g/mol. The molecule has 0 unspecified atom stereocenters. The van der Waals surface area contributed by atoms with Gasteiger partial charge in [0.1, 0.15) is 0 Å². The number of aliphatic hydroxyl groups excluding tert-OH is 1. The molecule has 0 spiro atoms. The van der Waals surface area contributed by atoms with Crippen molar-refractivity contribution in [3.8, 4) is 0 Å². The summed E-state index contributed by atoms with van der Waals surface area (Å²) in [7, 11) is 0. The molecular formula is C14H20N2O2. The van der Waals surface area contributed by atoms with Gasteiger partial charge in [0, 0.05) is 12.2 Å². The molecule has 0 heterocycles. The summed E-state index contributed by atoms with van der Waals surface area (Å²) < 4.78 is 0. The molecule has 3 N–H and O–H groups in total. The minimum atomic E-state index is -0.188. The van der Waals surface area contributed by atoms with Crippen LogP contribution in [0.2, 0.25) is 0 Å². The van der Waals surface area contributed by atoms with E-state index in [-0.39, 0.29) is 12.6 Å². The summed E-state index contributed by atoms with van der Waals surface area (Å²) in [6, 6.07) is 7.26. The molecule has 0 saturated heterocycles. The third-order valence-electron chi connectivity index (χ3n) is 2.38. The van der Waals surface area contributed by atoms with Gasteiger partial charge in [0.2, 0.25) is 0 Å². The summed E-state index contributed by atoms with van der Waals surface area (Å²) in [6.45, 7) is 2.78. The zero-order valence-corrected chi connectivity index (χ0v) is 10.6. The van der Waals surface area contributed by atoms with E-state index in [0.29, 0.717) is 6.54 Å². The van der Waals surface area contributed by atoms with E-state index in [1.807, 2.05) is 24.3 Å². The minimum Gasteiger partial charge on any atom is -0.392 e. The lowest BCUT2D eigenvalue weighted by Crippen LogP contribution is -2.29. The van der Waals surface area contributed by atoms with Crippen LogP contribution in [-0.4, -0.2) is 24.3 Å². The highest BCUT2D eigenvalue weighted by Crippen LogP contribution is 2.11. The molecule has 4 heteroatoms. The second-order valence-electron chi connectivity index (χ2n) is 3.94. The molecule has 0 saturated carbocycles. The molecule has 0 aliphatic carbocycles. The summed E-state index contributed by atoms with van der Waals surface area (Å²) in [5, 5.41) is 14.3. The number of urea groups is 1. The standard InChI is InChI=1S/C14H20N2O2/c1-2-3-9-15-14(18)16-13-8-4-6-12(11-13)7-5-10-17/h4-8,11,17H,2-3,9-10H2,1H3,(H2,15,16,18). The fraction of sp³-hybridized carbons (Fsp3) is 0.357. The summed E-state index contributed by atoms with van der Waals surface area (Å²) in [5.41, 5.74) is 1.68. The van der Waals surface area contributed by atoms with Gasteiger partial charge in [-0.3, -0.25) is 0 Å². The van der Waals surface area contributed by atoms with Gasteiger partial charge in [0.25, 0.3) is 0 Å². The van der Waals surface area contributed by atoms with Gasteiger partial charge >= 0.3 is 6.03 Å². The number of hydrogen-bond donors (Lipinski definition) is 3. The van der Waals surface area contributed by atoms with Gasteiger partial charge < -0.3 is 15.7 Å². The van der Waals surface area contributed by atoms with Crippen molar-refractivity contribution in [3.05, 3.63) is 35.9 Å². The van der Waals surface area contributed by atoms with E-state index < -0.39 is 0 Å². The number of benzene rings is 1. The van der Waals surface area contributed by atoms with Crippen molar-refractivity contribution in [2.75, 3.05) is 18.5 Å². The number of nitrogens with one attached hydrogen (secondary N) is 2. The van der Waals surface area contributed by atoms with Crippen LogP contribution in [0.15, 0.2) is 30.3 Å². The number of unbranched alkanes of at least 4 members (excludes halogenated alkanes) is 1. The van der Waals surface area contributed by atoms with Gasteiger partial charge in [-0.05, 0) is 24.1 Å². The Morgan fingerprint density at radius 1 is 1.44 bits per heavy atom. The van der Waals surface area contributed by atoms with E-state index in [9.17, 15) is 4.79 Å². The first-order valence-electron chi connectivity index (χ1n) is 6.18. The Balaban J connectivity index is 2.51. The van der Waals surface area contributed by atoms with Crippen LogP contribution in [0.1, 0.15) is 25.3 Å². The third kappa shape index (κ3) is 5.50. The molecule has 98 valence electrons. The lowest BCUT2D eigenvalue weighted by atomic mass is 10.2. The summed E-state index contributed by atoms with van der Waals surface area (Å²) >= 11 is 0. The maximum atomic E-state index is 11.5. The maximum Gasteiger partial charge on any atom is 0.319 e. The van der Waals surface area contributed by atoms with Gasteiger partial charge in [-0.15, -0.1) is 0 Å². The predicted octanol–water partition coefficient (Wildman–Crippen LogP) is 2.61. The molecule has 18 heavy (non-hydrogen) atoms. The molecule has 2 amide bonds. The molecule has 0 bridgehead atoms. The molecule has 1 aromatic rings. The first-order valence-corrected chi connectivity index (χ1v) is 6.18. The van der Waals surface area contributed by atoms with Crippen molar-refractivity contribution in [2.45, 2.75) is 19.8 Å². The largest absolute Gasteiger partial charge is 0.392 e. The van der Waals surface area contributed by atoms with Crippen molar-refractivity contribution < 1.29 is 9.90 Å². The molecule has 1 aromatic carbocycles. The van der Waals surface area contributed by atoms with Gasteiger partial charge in [0.15, 0.2) is 0 Å². The number of carbonyl (C=O) groups excluding carboxylic acids is 1. The number of aliphatic hydroxyl groups is 1. The van der Waals surface area contributed by atoms with Crippen molar-refractivity contribution in [1.29, 1.82) is 0 Å². The fourth-order valence-electron chi connectivity index (χ4n) is 1.46. The smallest absolute Gasteiger partial charge is 0.319 e. The zero-order valence-electron chi connectivity index (χ0n) is 10.6. The van der Waals surface area contributed by atoms with Crippen LogP contribution in [-0.2, 0) is 0 Å². The molecule has 0 aromatic heterocycles. The zero-order chi connectivity index (χ0) is 13.2. The highest BCUT2D eigenvalue weighted by Gasteiger charge is 2.00. The van der Waals surface area contributed by atoms with Crippen molar-refractivity contribution >= 4 is 17.8 Å². The highest BCUT2D eigenvalue weighted by molar-refractivity contribution is 5.89. The monoisotopic (exact) mass is 248 g/mol. The summed E-state index contributed by atoms with van der Waals surface area (Å²) in [5.74, 6) is 0. The fourth-order valence-corrected chi connectivity index (χ4v) is 1.46. The van der Waals surface area contributed by atoms with Gasteiger partial charge in [0.05, 0.1) is 6.61 Å². The van der Waals surface area contributed by atoms with Crippen molar-refractivity contribution in [3.63, 3.8) is 0 Å². The lowest BCUT2D eigenvalue weighted by molar-refractivity contribution is 0.252. The molecule has 0 aliphatic rings. The second-order valence-corrected chi connectivity index (χ2v) is 3.94. The quantitative estimate of drug-likeness (QED) is 0.678. The normalized spacial score (nSPS) is 10.6. The van der Waals surface area contributed by atoms with Crippen molar-refractivity contribution in [2.24, 2.45) is 0 Å². The molecule has 4 nitrogen and oxygen atoms in total. The molecule has 1 rings (SSSR count). The summed E-state index contributed by atoms with van der Waals surface area (Å²) in [4.78, 5) is 11.5. The van der Waals surface area contributed by atoms with Gasteiger partial charge in [-0.25, -0.2) is 4.79 Å². The minimum absolute atomic E-state index is 0.00909. The molecule has 0 atom stereocenters. The Morgan fingerprint density at radius 3 is 3.00 bits per heavy atom. The predicted molar refractivity (Wildman–Crippen MR) is 74.5 cm³/mol. The Labute approximate surface area is 108 Å². The first kappa shape index (κ1) is 14.3. The Hall–Kier alpha value is -1.81. The van der Waals surface area contributed by atoms with Crippen LogP contribution in [0.3, 0.4) is 0 Å². The lowest BCUT2D eigenvalue weighted by Gasteiger charge is -2.07. The number of carbonyl (C=O) groups is 1. The van der Waals surface area contributed by atoms with Crippen LogP contribution in [0.4, 0.5) is 10.5 Å². The van der Waals surface area contributed by atoms with E-state index in [1.54, 1.807) is 12.2 Å². The number of rotatable bonds is 6. The molecule has 0 fully saturated rings. The van der Waals surface area contributed by atoms with Crippen LogP contribution in [0, 0.1) is 0 Å². The first-order chi connectivity index (χ1) is 8.76.